The number of hydrogen-bond donors (Lipinski definition) is 1. The molecular weight excluding hydrogens is 198 g/mol. The van der Waals surface area contributed by atoms with Crippen LogP contribution in [0.5, 0.6) is 0 Å². The van der Waals surface area contributed by atoms with Crippen LogP contribution in [-0.2, 0) is 4.74 Å². The molecule has 3 heteroatoms. The van der Waals surface area contributed by atoms with Crippen molar-refractivity contribution in [2.75, 3.05) is 13.2 Å². The van der Waals surface area contributed by atoms with E-state index >= 15 is 0 Å². The molecule has 0 aromatic heterocycles. The van der Waals surface area contributed by atoms with E-state index in [0.717, 1.165) is 16.1 Å². The largest absolute Gasteiger partial charge is 0.380 e. The smallest absolute Gasteiger partial charge is 0.0659 e. The molecule has 0 heterocycles. The van der Waals surface area contributed by atoms with Crippen molar-refractivity contribution in [1.82, 2.24) is 0 Å². The fourth-order valence-corrected chi connectivity index (χ4v) is 1.62. The molecule has 1 aromatic carbocycles. The van der Waals surface area contributed by atoms with Crippen molar-refractivity contribution in [2.24, 2.45) is 5.73 Å². The minimum Gasteiger partial charge on any atom is -0.380 e. The second-order valence-electron chi connectivity index (χ2n) is 3.33. The standard InChI is InChI=1S/C11H16ClNO/c1-3-14-7-11(13)9-4-8(2)5-10(12)6-9/h4-6,11H,3,7,13H2,1-2H3. The minimum atomic E-state index is -0.0904. The second kappa shape index (κ2) is 5.35. The number of benzene rings is 1. The SMILES string of the molecule is CCOCC(N)c1cc(C)cc(Cl)c1. The van der Waals surface area contributed by atoms with Gasteiger partial charge in [0.25, 0.3) is 0 Å². The lowest BCUT2D eigenvalue weighted by molar-refractivity contribution is 0.133. The predicted octanol–water partition coefficient (Wildman–Crippen LogP) is 2.68. The number of ether oxygens (including phenoxy) is 1. The summed E-state index contributed by atoms with van der Waals surface area (Å²) in [4.78, 5) is 0. The Morgan fingerprint density at radius 3 is 2.71 bits per heavy atom. The first-order valence-electron chi connectivity index (χ1n) is 4.74. The van der Waals surface area contributed by atoms with Gasteiger partial charge in [-0.1, -0.05) is 17.7 Å². The molecule has 1 atom stereocenters. The first-order valence-corrected chi connectivity index (χ1v) is 5.11. The van der Waals surface area contributed by atoms with E-state index in [1.165, 1.54) is 0 Å². The molecular formula is C11H16ClNO. The second-order valence-corrected chi connectivity index (χ2v) is 3.76. The monoisotopic (exact) mass is 213 g/mol. The normalized spacial score (nSPS) is 12.9. The van der Waals surface area contributed by atoms with E-state index in [9.17, 15) is 0 Å². The summed E-state index contributed by atoms with van der Waals surface area (Å²) >= 11 is 5.93. The Labute approximate surface area is 90.0 Å². The molecule has 0 saturated heterocycles. The highest BCUT2D eigenvalue weighted by molar-refractivity contribution is 6.30. The summed E-state index contributed by atoms with van der Waals surface area (Å²) < 4.78 is 5.26. The van der Waals surface area contributed by atoms with Gasteiger partial charge in [-0.25, -0.2) is 0 Å². The molecule has 1 unspecified atom stereocenters. The summed E-state index contributed by atoms with van der Waals surface area (Å²) in [5, 5.41) is 0.729. The highest BCUT2D eigenvalue weighted by Gasteiger charge is 2.06. The molecule has 0 aliphatic carbocycles. The molecule has 0 fully saturated rings. The van der Waals surface area contributed by atoms with Crippen LogP contribution in [0.1, 0.15) is 24.1 Å². The molecule has 1 rings (SSSR count). The summed E-state index contributed by atoms with van der Waals surface area (Å²) in [5.41, 5.74) is 8.09. The van der Waals surface area contributed by atoms with Gasteiger partial charge in [0.15, 0.2) is 0 Å². The van der Waals surface area contributed by atoms with Crippen LogP contribution >= 0.6 is 11.6 Å². The van der Waals surface area contributed by atoms with Crippen LogP contribution in [0.15, 0.2) is 18.2 Å². The lowest BCUT2D eigenvalue weighted by Crippen LogP contribution is -2.17. The van der Waals surface area contributed by atoms with Crippen molar-refractivity contribution < 1.29 is 4.74 Å². The summed E-state index contributed by atoms with van der Waals surface area (Å²) in [6.45, 7) is 5.18. The van der Waals surface area contributed by atoms with Crippen LogP contribution in [0.25, 0.3) is 0 Å². The first-order chi connectivity index (χ1) is 6.63. The van der Waals surface area contributed by atoms with Crippen molar-refractivity contribution in [2.45, 2.75) is 19.9 Å². The third kappa shape index (κ3) is 3.29. The first kappa shape index (κ1) is 11.5. The molecule has 2 N–H and O–H groups in total. The summed E-state index contributed by atoms with van der Waals surface area (Å²) in [5.74, 6) is 0. The Morgan fingerprint density at radius 2 is 2.14 bits per heavy atom. The third-order valence-corrected chi connectivity index (χ3v) is 2.21. The topological polar surface area (TPSA) is 35.2 Å². The highest BCUT2D eigenvalue weighted by atomic mass is 35.5. The van der Waals surface area contributed by atoms with Crippen LogP contribution in [0.3, 0.4) is 0 Å². The molecule has 0 saturated carbocycles. The zero-order chi connectivity index (χ0) is 10.6. The molecule has 78 valence electrons. The molecule has 0 aliphatic heterocycles. The van der Waals surface area contributed by atoms with Gasteiger partial charge in [-0.2, -0.15) is 0 Å². The number of hydrogen-bond acceptors (Lipinski definition) is 2. The van der Waals surface area contributed by atoms with Gasteiger partial charge in [0.05, 0.1) is 12.6 Å². The van der Waals surface area contributed by atoms with E-state index < -0.39 is 0 Å². The average molecular weight is 214 g/mol. The summed E-state index contributed by atoms with van der Waals surface area (Å²) in [6, 6.07) is 5.75. The van der Waals surface area contributed by atoms with Crippen LogP contribution in [0, 0.1) is 6.92 Å². The van der Waals surface area contributed by atoms with Crippen LogP contribution in [0.4, 0.5) is 0 Å². The maximum Gasteiger partial charge on any atom is 0.0659 e. The van der Waals surface area contributed by atoms with Crippen molar-refractivity contribution in [3.05, 3.63) is 34.3 Å². The molecule has 14 heavy (non-hydrogen) atoms. The van der Waals surface area contributed by atoms with E-state index in [-0.39, 0.29) is 6.04 Å². The van der Waals surface area contributed by atoms with Crippen molar-refractivity contribution in [3.63, 3.8) is 0 Å². The average Bonchev–Trinajstić information content (AvgIpc) is 2.12. The molecule has 0 bridgehead atoms. The molecule has 0 radical (unpaired) electrons. The zero-order valence-electron chi connectivity index (χ0n) is 8.59. The number of nitrogens with two attached hydrogens (primary N) is 1. The van der Waals surface area contributed by atoms with Crippen LogP contribution in [0.2, 0.25) is 5.02 Å². The van der Waals surface area contributed by atoms with E-state index in [1.807, 2.05) is 32.0 Å². The van der Waals surface area contributed by atoms with Gasteiger partial charge in [-0.05, 0) is 37.1 Å². The Balaban J connectivity index is 2.73. The van der Waals surface area contributed by atoms with Gasteiger partial charge in [0.2, 0.25) is 0 Å². The maximum atomic E-state index is 5.94. The van der Waals surface area contributed by atoms with Crippen LogP contribution < -0.4 is 5.73 Å². The summed E-state index contributed by atoms with van der Waals surface area (Å²) in [6.07, 6.45) is 0. The predicted molar refractivity (Wildman–Crippen MR) is 59.6 cm³/mol. The Kier molecular flexibility index (Phi) is 4.39. The van der Waals surface area contributed by atoms with Gasteiger partial charge < -0.3 is 10.5 Å². The Hall–Kier alpha value is -0.570. The number of aryl methyl sites for hydroxylation is 1. The van der Waals surface area contributed by atoms with Crippen molar-refractivity contribution in [3.8, 4) is 0 Å². The van der Waals surface area contributed by atoms with Gasteiger partial charge in [0, 0.05) is 11.6 Å². The maximum absolute atomic E-state index is 5.94. The lowest BCUT2D eigenvalue weighted by atomic mass is 10.1. The van der Waals surface area contributed by atoms with Crippen molar-refractivity contribution >= 4 is 11.6 Å². The number of halogens is 1. The molecule has 0 spiro atoms. The molecule has 2 nitrogen and oxygen atoms in total. The fraction of sp³-hybridized carbons (Fsp3) is 0.455. The van der Waals surface area contributed by atoms with Crippen molar-refractivity contribution in [1.29, 1.82) is 0 Å². The Bertz CT molecular complexity index is 281. The third-order valence-electron chi connectivity index (χ3n) is 1.99. The Morgan fingerprint density at radius 1 is 1.43 bits per heavy atom. The fourth-order valence-electron chi connectivity index (χ4n) is 1.32. The molecule has 0 amide bonds. The van der Waals surface area contributed by atoms with Crippen LogP contribution in [-0.4, -0.2) is 13.2 Å². The van der Waals surface area contributed by atoms with Gasteiger partial charge in [-0.3, -0.25) is 0 Å². The van der Waals surface area contributed by atoms with E-state index in [1.54, 1.807) is 0 Å². The molecule has 0 aliphatic rings. The quantitative estimate of drug-likeness (QED) is 0.835. The highest BCUT2D eigenvalue weighted by Crippen LogP contribution is 2.19. The molecule has 1 aromatic rings. The van der Waals surface area contributed by atoms with Gasteiger partial charge >= 0.3 is 0 Å². The van der Waals surface area contributed by atoms with E-state index in [0.29, 0.717) is 13.2 Å². The van der Waals surface area contributed by atoms with E-state index in [4.69, 9.17) is 22.1 Å². The minimum absolute atomic E-state index is 0.0904. The zero-order valence-corrected chi connectivity index (χ0v) is 9.34. The van der Waals surface area contributed by atoms with Gasteiger partial charge in [0.1, 0.15) is 0 Å². The number of rotatable bonds is 4. The van der Waals surface area contributed by atoms with E-state index in [2.05, 4.69) is 0 Å². The summed E-state index contributed by atoms with van der Waals surface area (Å²) in [7, 11) is 0. The van der Waals surface area contributed by atoms with Gasteiger partial charge in [-0.15, -0.1) is 0 Å². The lowest BCUT2D eigenvalue weighted by Gasteiger charge is -2.12.